The van der Waals surface area contributed by atoms with Crippen molar-refractivity contribution in [2.75, 3.05) is 76.3 Å². The number of benzene rings is 3. The van der Waals surface area contributed by atoms with Crippen molar-refractivity contribution in [2.45, 2.75) is 26.3 Å². The van der Waals surface area contributed by atoms with E-state index in [4.69, 9.17) is 9.47 Å². The minimum Gasteiger partial charge on any atom is -1.00 e. The molecule has 2 N–H and O–H groups in total. The number of halogens is 1. The average Bonchev–Trinajstić information content (AvgIpc) is 3.07. The molecule has 0 aliphatic carbocycles. The van der Waals surface area contributed by atoms with Crippen molar-refractivity contribution in [3.05, 3.63) is 66.7 Å². The monoisotopic (exact) mass is 675 g/mol. The number of nitrogens with one attached hydrogen (secondary N) is 2. The number of rotatable bonds is 10. The lowest BCUT2D eigenvalue weighted by atomic mass is 9.98. The first kappa shape index (κ1) is 33.0. The maximum absolute atomic E-state index is 12.9. The van der Waals surface area contributed by atoms with Gasteiger partial charge in [-0.05, 0) is 43.3 Å². The van der Waals surface area contributed by atoms with E-state index in [0.29, 0.717) is 12.8 Å². The zero-order chi connectivity index (χ0) is 30.3. The lowest BCUT2D eigenvalue weighted by molar-refractivity contribution is -0.655. The van der Waals surface area contributed by atoms with Crippen LogP contribution in [0.4, 0.5) is 11.4 Å². The third-order valence-electron chi connectivity index (χ3n) is 8.57. The molecule has 2 amide bonds. The van der Waals surface area contributed by atoms with Gasteiger partial charge in [0.1, 0.15) is 6.54 Å². The normalized spacial score (nSPS) is 15.9. The van der Waals surface area contributed by atoms with Crippen LogP contribution in [0.3, 0.4) is 0 Å². The molecule has 6 rings (SSSR count). The number of aryl methyl sites for hydroxylation is 1. The molecule has 0 saturated carbocycles. The lowest BCUT2D eigenvalue weighted by Crippen LogP contribution is -3.00. The molecule has 45 heavy (non-hydrogen) atoms. The van der Waals surface area contributed by atoms with Crippen molar-refractivity contribution in [2.24, 2.45) is 0 Å². The summed E-state index contributed by atoms with van der Waals surface area (Å²) in [6, 6.07) is 22.7. The summed E-state index contributed by atoms with van der Waals surface area (Å²) >= 11 is 0. The number of amides is 2. The summed E-state index contributed by atoms with van der Waals surface area (Å²) in [6.07, 6.45) is 0.886. The third kappa shape index (κ3) is 8.06. The molecule has 0 radical (unpaired) electrons. The van der Waals surface area contributed by atoms with Crippen LogP contribution in [0.1, 0.15) is 19.8 Å². The van der Waals surface area contributed by atoms with E-state index >= 15 is 0 Å². The molecular weight excluding hydrogens is 634 g/mol. The van der Waals surface area contributed by atoms with Gasteiger partial charge in [0.15, 0.2) is 0 Å². The number of pyridine rings is 1. The minimum absolute atomic E-state index is 0. The average molecular weight is 677 g/mol. The number of ether oxygens (including phenoxy) is 2. The number of carbonyl (C=O) groups excluding carboxylic acids is 2. The summed E-state index contributed by atoms with van der Waals surface area (Å²) < 4.78 is 13.2. The minimum atomic E-state index is 0. The Kier molecular flexibility index (Phi) is 11.5. The van der Waals surface area contributed by atoms with Gasteiger partial charge in [0.05, 0.1) is 37.2 Å². The predicted molar refractivity (Wildman–Crippen MR) is 174 cm³/mol. The van der Waals surface area contributed by atoms with E-state index in [9.17, 15) is 9.59 Å². The van der Waals surface area contributed by atoms with E-state index in [-0.39, 0.29) is 28.8 Å². The van der Waals surface area contributed by atoms with Crippen molar-refractivity contribution >= 4 is 44.9 Å². The fourth-order valence-electron chi connectivity index (χ4n) is 6.23. The Morgan fingerprint density at radius 1 is 0.711 bits per heavy atom. The summed E-state index contributed by atoms with van der Waals surface area (Å²) in [5, 5.41) is 9.53. The van der Waals surface area contributed by atoms with Gasteiger partial charge < -0.3 is 37.1 Å². The first-order valence-electron chi connectivity index (χ1n) is 15.8. The van der Waals surface area contributed by atoms with Crippen LogP contribution in [0.2, 0.25) is 0 Å². The van der Waals surface area contributed by atoms with Crippen molar-refractivity contribution in [1.29, 1.82) is 0 Å². The van der Waals surface area contributed by atoms with E-state index in [1.807, 2.05) is 30.3 Å². The molecule has 238 valence electrons. The topological polar surface area (TPSA) is 87.0 Å². The van der Waals surface area contributed by atoms with Gasteiger partial charge in [0, 0.05) is 80.5 Å². The highest BCUT2D eigenvalue weighted by Crippen LogP contribution is 2.34. The molecule has 0 spiro atoms. The van der Waals surface area contributed by atoms with Crippen molar-refractivity contribution in [3.8, 4) is 11.3 Å². The number of morpholine rings is 2. The molecule has 2 aliphatic heterocycles. The fraction of sp³-hybridized carbons (Fsp3) is 0.400. The molecule has 0 atom stereocenters. The van der Waals surface area contributed by atoms with Crippen LogP contribution in [0.15, 0.2) is 66.7 Å². The van der Waals surface area contributed by atoms with Gasteiger partial charge in [-0.15, -0.1) is 0 Å². The molecular formula is C35H42BrN5O4. The molecule has 0 bridgehead atoms. The first-order valence-corrected chi connectivity index (χ1v) is 15.8. The number of nitrogens with zero attached hydrogens (tertiary/aromatic N) is 3. The quantitative estimate of drug-likeness (QED) is 0.195. The van der Waals surface area contributed by atoms with Gasteiger partial charge in [-0.2, -0.15) is 4.57 Å². The first-order chi connectivity index (χ1) is 21.6. The number of hydrogen-bond acceptors (Lipinski definition) is 6. The molecule has 4 aromatic rings. The number of fused-ring (bicyclic) bond motifs is 3. The van der Waals surface area contributed by atoms with Crippen LogP contribution in [0.5, 0.6) is 0 Å². The summed E-state index contributed by atoms with van der Waals surface area (Å²) in [4.78, 5) is 30.4. The van der Waals surface area contributed by atoms with Gasteiger partial charge in [-0.3, -0.25) is 19.4 Å². The Morgan fingerprint density at radius 2 is 1.24 bits per heavy atom. The van der Waals surface area contributed by atoms with E-state index < -0.39 is 0 Å². The second kappa shape index (κ2) is 15.7. The molecule has 9 nitrogen and oxygen atoms in total. The lowest BCUT2D eigenvalue weighted by Gasteiger charge is -2.26. The Bertz CT molecular complexity index is 1620. The van der Waals surface area contributed by atoms with Gasteiger partial charge in [0.25, 0.3) is 0 Å². The second-order valence-electron chi connectivity index (χ2n) is 11.5. The molecule has 3 heterocycles. The molecule has 0 unspecified atom stereocenters. The summed E-state index contributed by atoms with van der Waals surface area (Å²) in [7, 11) is 0. The highest BCUT2D eigenvalue weighted by Gasteiger charge is 2.24. The molecule has 2 aliphatic rings. The highest BCUT2D eigenvalue weighted by molar-refractivity contribution is 6.11. The summed E-state index contributed by atoms with van der Waals surface area (Å²) in [5.41, 5.74) is 4.79. The van der Waals surface area contributed by atoms with Crippen LogP contribution < -0.4 is 32.2 Å². The Labute approximate surface area is 275 Å². The van der Waals surface area contributed by atoms with Crippen molar-refractivity contribution in [3.63, 3.8) is 0 Å². The van der Waals surface area contributed by atoms with Gasteiger partial charge in [-0.1, -0.05) is 24.3 Å². The maximum Gasteiger partial charge on any atom is 0.225 e. The maximum atomic E-state index is 12.9. The molecule has 2 saturated heterocycles. The second-order valence-corrected chi connectivity index (χ2v) is 11.5. The fourth-order valence-corrected chi connectivity index (χ4v) is 6.23. The highest BCUT2D eigenvalue weighted by atomic mass is 79.9. The third-order valence-corrected chi connectivity index (χ3v) is 8.57. The van der Waals surface area contributed by atoms with E-state index in [2.05, 4.69) is 68.3 Å². The standard InChI is InChI=1S/C35H41N5O4.BrH/c1-2-40-32-25-28(37-34(42)13-15-39-18-22-44-23-19-39)9-11-30(32)29-10-8-27(24-31(29)35(40)26-6-4-3-5-7-26)36-33(41)12-14-38-16-20-43-21-17-38;/h3-11,24-25H,2,12-23H2,1H3,(H,36,41);1H. The number of aromatic nitrogens is 1. The van der Waals surface area contributed by atoms with Gasteiger partial charge >= 0.3 is 0 Å². The van der Waals surface area contributed by atoms with Crippen LogP contribution in [0, 0.1) is 0 Å². The van der Waals surface area contributed by atoms with Crippen LogP contribution in [-0.2, 0) is 25.6 Å². The number of hydrogen-bond donors (Lipinski definition) is 2. The number of anilines is 2. The van der Waals surface area contributed by atoms with Gasteiger partial charge in [0.2, 0.25) is 23.0 Å². The zero-order valence-electron chi connectivity index (χ0n) is 25.9. The molecule has 10 heteroatoms. The molecule has 3 aromatic carbocycles. The molecule has 2 fully saturated rings. The summed E-state index contributed by atoms with van der Waals surface area (Å²) in [6.45, 7) is 10.7. The predicted octanol–water partition coefficient (Wildman–Crippen LogP) is 1.29. The smallest absolute Gasteiger partial charge is 0.225 e. The van der Waals surface area contributed by atoms with E-state index in [1.165, 1.54) is 0 Å². The van der Waals surface area contributed by atoms with Gasteiger partial charge in [-0.25, -0.2) is 0 Å². The number of carbonyl (C=O) groups is 2. The van der Waals surface area contributed by atoms with Crippen LogP contribution >= 0.6 is 0 Å². The van der Waals surface area contributed by atoms with Crippen LogP contribution in [-0.4, -0.2) is 87.3 Å². The Balaban J connectivity index is 0.00000400. The van der Waals surface area contributed by atoms with E-state index in [1.54, 1.807) is 0 Å². The van der Waals surface area contributed by atoms with Crippen molar-refractivity contribution in [1.82, 2.24) is 9.80 Å². The van der Waals surface area contributed by atoms with E-state index in [0.717, 1.165) is 117 Å². The Hall–Kier alpha value is -3.41. The van der Waals surface area contributed by atoms with Crippen LogP contribution in [0.25, 0.3) is 32.9 Å². The summed E-state index contributed by atoms with van der Waals surface area (Å²) in [5.74, 6) is 0.0206. The SMILES string of the molecule is CC[n+]1c(-c2ccccc2)c2cc(NC(=O)CCN3CCOCC3)ccc2c2ccc(NC(=O)CCN3CCOCC3)cc21.[Br-]. The largest absolute Gasteiger partial charge is 1.00 e. The molecule has 1 aromatic heterocycles. The zero-order valence-corrected chi connectivity index (χ0v) is 27.5. The van der Waals surface area contributed by atoms with Crippen molar-refractivity contribution < 1.29 is 40.6 Å². The Morgan fingerprint density at radius 3 is 1.80 bits per heavy atom.